The molecule has 2 N–H and O–H groups in total. The Kier molecular flexibility index (Phi) is 3.63. The molecule has 2 rings (SSSR count). The third-order valence-electron chi connectivity index (χ3n) is 2.50. The number of carboxylic acid groups (broad SMARTS) is 1. The molecule has 0 saturated carbocycles. The molecule has 0 saturated heterocycles. The molecular formula is C12H7N3O4S. The number of nitriles is 1. The summed E-state index contributed by atoms with van der Waals surface area (Å²) in [5.74, 6) is -1.34. The van der Waals surface area contributed by atoms with Crippen LogP contribution in [0.1, 0.15) is 0 Å². The van der Waals surface area contributed by atoms with Gasteiger partial charge in [-0.2, -0.15) is 5.26 Å². The standard InChI is InChI=1S/C12H7N3O4S/c13-4-7(12(16)17)5-14-9-6-20-11-8(9)2-1-3-10(11)15(18)19/h1-3,5-6,14H,(H,16,17)/b7-5-. The largest absolute Gasteiger partial charge is 0.477 e. The van der Waals surface area contributed by atoms with Gasteiger partial charge >= 0.3 is 5.97 Å². The van der Waals surface area contributed by atoms with E-state index in [-0.39, 0.29) is 5.69 Å². The number of aliphatic carboxylic acids is 1. The summed E-state index contributed by atoms with van der Waals surface area (Å²) in [5.41, 5.74) is 0.0563. The van der Waals surface area contributed by atoms with E-state index in [0.717, 1.165) is 6.20 Å². The Morgan fingerprint density at radius 1 is 1.55 bits per heavy atom. The molecule has 0 bridgehead atoms. The van der Waals surface area contributed by atoms with Gasteiger partial charge in [0.15, 0.2) is 5.57 Å². The average molecular weight is 289 g/mol. The van der Waals surface area contributed by atoms with Crippen LogP contribution in [0, 0.1) is 21.4 Å². The number of carbonyl (C=O) groups is 1. The summed E-state index contributed by atoms with van der Waals surface area (Å²) in [4.78, 5) is 21.1. The van der Waals surface area contributed by atoms with Crippen LogP contribution >= 0.6 is 11.3 Å². The highest BCUT2D eigenvalue weighted by atomic mass is 32.1. The van der Waals surface area contributed by atoms with Crippen LogP contribution in [0.2, 0.25) is 0 Å². The topological polar surface area (TPSA) is 116 Å². The van der Waals surface area contributed by atoms with Gasteiger partial charge in [0.1, 0.15) is 10.8 Å². The highest BCUT2D eigenvalue weighted by molar-refractivity contribution is 7.18. The molecule has 0 aliphatic heterocycles. The number of hydrogen-bond donors (Lipinski definition) is 2. The fourth-order valence-corrected chi connectivity index (χ4v) is 2.59. The zero-order chi connectivity index (χ0) is 14.7. The molecule has 1 heterocycles. The smallest absolute Gasteiger partial charge is 0.347 e. The van der Waals surface area contributed by atoms with Gasteiger partial charge in [-0.05, 0) is 0 Å². The lowest BCUT2D eigenvalue weighted by Crippen LogP contribution is -2.00. The van der Waals surface area contributed by atoms with Crippen molar-refractivity contribution in [2.24, 2.45) is 0 Å². The second kappa shape index (κ2) is 5.38. The first-order chi connectivity index (χ1) is 9.54. The first-order valence-corrected chi connectivity index (χ1v) is 6.17. The molecule has 8 heteroatoms. The number of rotatable bonds is 4. The molecule has 0 spiro atoms. The number of nitrogens with zero attached hydrogens (tertiary/aromatic N) is 2. The van der Waals surface area contributed by atoms with Crippen molar-refractivity contribution in [3.63, 3.8) is 0 Å². The molecule has 0 atom stereocenters. The van der Waals surface area contributed by atoms with Gasteiger partial charge in [-0.25, -0.2) is 4.79 Å². The van der Waals surface area contributed by atoms with E-state index >= 15 is 0 Å². The molecule has 1 aromatic heterocycles. The summed E-state index contributed by atoms with van der Waals surface area (Å²) in [6.07, 6.45) is 1.06. The Morgan fingerprint density at radius 3 is 2.90 bits per heavy atom. The van der Waals surface area contributed by atoms with Crippen molar-refractivity contribution in [1.29, 1.82) is 5.26 Å². The third-order valence-corrected chi connectivity index (χ3v) is 3.52. The first kappa shape index (κ1) is 13.5. The highest BCUT2D eigenvalue weighted by Gasteiger charge is 2.15. The van der Waals surface area contributed by atoms with Gasteiger partial charge in [-0.15, -0.1) is 11.3 Å². The molecule has 20 heavy (non-hydrogen) atoms. The van der Waals surface area contributed by atoms with Crippen molar-refractivity contribution in [2.75, 3.05) is 5.32 Å². The second-order valence-electron chi connectivity index (χ2n) is 3.68. The monoisotopic (exact) mass is 289 g/mol. The summed E-state index contributed by atoms with van der Waals surface area (Å²) < 4.78 is 0.488. The number of benzene rings is 1. The molecule has 0 radical (unpaired) electrons. The highest BCUT2D eigenvalue weighted by Crippen LogP contribution is 2.36. The minimum absolute atomic E-state index is 0.0109. The lowest BCUT2D eigenvalue weighted by Gasteiger charge is -1.99. The van der Waals surface area contributed by atoms with Gasteiger partial charge in [0.25, 0.3) is 5.69 Å². The molecule has 1 aromatic carbocycles. The van der Waals surface area contributed by atoms with Gasteiger partial charge in [0.05, 0.1) is 10.6 Å². The number of thiophene rings is 1. The fourth-order valence-electron chi connectivity index (χ4n) is 1.59. The minimum atomic E-state index is -1.34. The third kappa shape index (κ3) is 2.43. The molecule has 0 amide bonds. The van der Waals surface area contributed by atoms with Crippen molar-refractivity contribution >= 4 is 38.8 Å². The quantitative estimate of drug-likeness (QED) is 0.387. The van der Waals surface area contributed by atoms with Crippen LogP contribution in [0.25, 0.3) is 10.1 Å². The van der Waals surface area contributed by atoms with E-state index in [0.29, 0.717) is 15.8 Å². The molecule has 0 unspecified atom stereocenters. The Bertz CT molecular complexity index is 773. The van der Waals surface area contributed by atoms with Crippen molar-refractivity contribution in [3.8, 4) is 6.07 Å². The summed E-state index contributed by atoms with van der Waals surface area (Å²) in [6, 6.07) is 6.16. The van der Waals surface area contributed by atoms with Crippen molar-refractivity contribution in [1.82, 2.24) is 0 Å². The van der Waals surface area contributed by atoms with E-state index in [4.69, 9.17) is 10.4 Å². The number of hydrogen-bond acceptors (Lipinski definition) is 6. The number of fused-ring (bicyclic) bond motifs is 1. The fraction of sp³-hybridized carbons (Fsp3) is 0. The second-order valence-corrected chi connectivity index (χ2v) is 4.56. The van der Waals surface area contributed by atoms with Crippen LogP contribution in [0.5, 0.6) is 0 Å². The zero-order valence-electron chi connectivity index (χ0n) is 9.86. The first-order valence-electron chi connectivity index (χ1n) is 5.29. The molecule has 100 valence electrons. The molecule has 7 nitrogen and oxygen atoms in total. The van der Waals surface area contributed by atoms with Gasteiger partial charge in [0.2, 0.25) is 0 Å². The number of anilines is 1. The number of carboxylic acids is 1. The van der Waals surface area contributed by atoms with E-state index in [1.54, 1.807) is 17.5 Å². The van der Waals surface area contributed by atoms with E-state index in [1.165, 1.54) is 23.5 Å². The molecule has 0 aliphatic rings. The van der Waals surface area contributed by atoms with Gasteiger partial charge < -0.3 is 10.4 Å². The molecule has 2 aromatic rings. The predicted molar refractivity (Wildman–Crippen MR) is 73.4 cm³/mol. The van der Waals surface area contributed by atoms with Crippen LogP contribution in [0.3, 0.4) is 0 Å². The van der Waals surface area contributed by atoms with Crippen LogP contribution in [-0.2, 0) is 4.79 Å². The van der Waals surface area contributed by atoms with Crippen LogP contribution in [0.4, 0.5) is 11.4 Å². The molecule has 0 fully saturated rings. The van der Waals surface area contributed by atoms with Crippen molar-refractivity contribution < 1.29 is 14.8 Å². The summed E-state index contributed by atoms with van der Waals surface area (Å²) >= 11 is 1.17. The summed E-state index contributed by atoms with van der Waals surface area (Å²) in [5, 5.41) is 33.1. The number of nitro groups is 1. The Hall–Kier alpha value is -2.92. The van der Waals surface area contributed by atoms with Crippen LogP contribution in [-0.4, -0.2) is 16.0 Å². The number of nitrogens with one attached hydrogen (secondary N) is 1. The number of nitro benzene ring substituents is 1. The maximum atomic E-state index is 10.9. The van der Waals surface area contributed by atoms with Crippen LogP contribution in [0.15, 0.2) is 35.4 Å². The average Bonchev–Trinajstić information content (AvgIpc) is 2.82. The number of non-ortho nitro benzene ring substituents is 1. The van der Waals surface area contributed by atoms with E-state index in [2.05, 4.69) is 5.32 Å². The zero-order valence-corrected chi connectivity index (χ0v) is 10.7. The summed E-state index contributed by atoms with van der Waals surface area (Å²) in [6.45, 7) is 0. The van der Waals surface area contributed by atoms with Crippen molar-refractivity contribution in [3.05, 3.63) is 45.5 Å². The summed E-state index contributed by atoms with van der Waals surface area (Å²) in [7, 11) is 0. The Morgan fingerprint density at radius 2 is 2.30 bits per heavy atom. The Labute approximate surface area is 116 Å². The van der Waals surface area contributed by atoms with Crippen LogP contribution < -0.4 is 5.32 Å². The minimum Gasteiger partial charge on any atom is -0.477 e. The maximum Gasteiger partial charge on any atom is 0.347 e. The Balaban J connectivity index is 2.43. The van der Waals surface area contributed by atoms with Crippen molar-refractivity contribution in [2.45, 2.75) is 0 Å². The normalized spacial score (nSPS) is 11.1. The van der Waals surface area contributed by atoms with E-state index in [1.807, 2.05) is 0 Å². The van der Waals surface area contributed by atoms with E-state index < -0.39 is 16.5 Å². The van der Waals surface area contributed by atoms with Gasteiger partial charge in [0, 0.05) is 23.0 Å². The lowest BCUT2D eigenvalue weighted by molar-refractivity contribution is -0.382. The molecule has 0 aliphatic carbocycles. The lowest BCUT2D eigenvalue weighted by atomic mass is 10.2. The predicted octanol–water partition coefficient (Wildman–Crippen LogP) is 2.71. The SMILES string of the molecule is N#C/C(=C/Nc1csc2c([N+](=O)[O-])cccc12)C(=O)O. The maximum absolute atomic E-state index is 10.9. The van der Waals surface area contributed by atoms with E-state index in [9.17, 15) is 14.9 Å². The van der Waals surface area contributed by atoms with Gasteiger partial charge in [-0.3, -0.25) is 10.1 Å². The van der Waals surface area contributed by atoms with Gasteiger partial charge in [-0.1, -0.05) is 12.1 Å². The molecular weight excluding hydrogens is 282 g/mol.